The van der Waals surface area contributed by atoms with Crippen molar-refractivity contribution in [2.45, 2.75) is 12.5 Å². The van der Waals surface area contributed by atoms with Crippen molar-refractivity contribution in [2.75, 3.05) is 0 Å². The van der Waals surface area contributed by atoms with E-state index in [0.29, 0.717) is 6.42 Å². The lowest BCUT2D eigenvalue weighted by Gasteiger charge is -2.06. The summed E-state index contributed by atoms with van der Waals surface area (Å²) in [5.74, 6) is 0. The van der Waals surface area contributed by atoms with E-state index in [0.717, 1.165) is 9.35 Å². The lowest BCUT2D eigenvalue weighted by molar-refractivity contribution is 0.183. The van der Waals surface area contributed by atoms with E-state index in [1.54, 1.807) is 22.7 Å². The first-order valence-electron chi connectivity index (χ1n) is 4.20. The van der Waals surface area contributed by atoms with E-state index >= 15 is 0 Å². The molecule has 1 nitrogen and oxygen atoms in total. The highest BCUT2D eigenvalue weighted by molar-refractivity contribution is 9.10. The van der Waals surface area contributed by atoms with Crippen LogP contribution in [0.3, 0.4) is 0 Å². The molecule has 2 heterocycles. The van der Waals surface area contributed by atoms with E-state index in [9.17, 15) is 5.11 Å². The second kappa shape index (κ2) is 4.57. The average Bonchev–Trinajstić information content (AvgIpc) is 2.77. The maximum atomic E-state index is 9.90. The van der Waals surface area contributed by atoms with Gasteiger partial charge in [0.15, 0.2) is 0 Å². The summed E-state index contributed by atoms with van der Waals surface area (Å²) >= 11 is 6.73. The van der Waals surface area contributed by atoms with Crippen molar-refractivity contribution in [2.24, 2.45) is 0 Å². The zero-order valence-corrected chi connectivity index (χ0v) is 10.5. The second-order valence-corrected chi connectivity index (χ2v) is 5.76. The summed E-state index contributed by atoms with van der Waals surface area (Å²) < 4.78 is 1.10. The number of hydrogen-bond acceptors (Lipinski definition) is 3. The van der Waals surface area contributed by atoms with Crippen LogP contribution in [0.25, 0.3) is 0 Å². The van der Waals surface area contributed by atoms with Gasteiger partial charge in [0.1, 0.15) is 0 Å². The van der Waals surface area contributed by atoms with Gasteiger partial charge in [0, 0.05) is 20.6 Å². The molecule has 4 heteroatoms. The largest absolute Gasteiger partial charge is 0.387 e. The third-order valence-corrected chi connectivity index (χ3v) is 4.86. The third-order valence-electron chi connectivity index (χ3n) is 1.94. The van der Waals surface area contributed by atoms with Crippen LogP contribution < -0.4 is 0 Å². The maximum Gasteiger partial charge on any atom is 0.0930 e. The van der Waals surface area contributed by atoms with Gasteiger partial charge in [-0.3, -0.25) is 0 Å². The Balaban J connectivity index is 2.09. The first-order valence-corrected chi connectivity index (χ1v) is 6.76. The normalized spacial score (nSPS) is 13.0. The minimum absolute atomic E-state index is 0.370. The minimum atomic E-state index is -0.370. The summed E-state index contributed by atoms with van der Waals surface area (Å²) in [6.07, 6.45) is 0.323. The molecular formula is C10H9BrOS2. The van der Waals surface area contributed by atoms with E-state index in [2.05, 4.69) is 15.9 Å². The van der Waals surface area contributed by atoms with E-state index in [4.69, 9.17) is 0 Å². The SMILES string of the molecule is OC(Cc1sccc1Br)c1cccs1. The summed E-state index contributed by atoms with van der Waals surface area (Å²) in [4.78, 5) is 2.23. The van der Waals surface area contributed by atoms with Crippen LogP contribution in [-0.2, 0) is 6.42 Å². The molecule has 2 aromatic heterocycles. The Morgan fingerprint density at radius 3 is 2.71 bits per heavy atom. The lowest BCUT2D eigenvalue weighted by Crippen LogP contribution is -1.97. The molecule has 0 saturated heterocycles. The summed E-state index contributed by atoms with van der Waals surface area (Å²) in [5, 5.41) is 13.9. The molecule has 0 spiro atoms. The Bertz CT molecular complexity index is 394. The molecule has 14 heavy (non-hydrogen) atoms. The quantitative estimate of drug-likeness (QED) is 0.910. The van der Waals surface area contributed by atoms with Crippen LogP contribution in [0, 0.1) is 0 Å². The monoisotopic (exact) mass is 288 g/mol. The summed E-state index contributed by atoms with van der Waals surface area (Å²) in [6.45, 7) is 0. The highest BCUT2D eigenvalue weighted by Gasteiger charge is 2.12. The second-order valence-electron chi connectivity index (χ2n) is 2.93. The van der Waals surface area contributed by atoms with Crippen LogP contribution >= 0.6 is 38.6 Å². The molecule has 1 unspecified atom stereocenters. The van der Waals surface area contributed by atoms with Crippen molar-refractivity contribution in [3.05, 3.63) is 43.2 Å². The minimum Gasteiger partial charge on any atom is -0.387 e. The number of aliphatic hydroxyl groups is 1. The van der Waals surface area contributed by atoms with Gasteiger partial charge in [-0.2, -0.15) is 0 Å². The van der Waals surface area contributed by atoms with Crippen molar-refractivity contribution < 1.29 is 5.11 Å². The van der Waals surface area contributed by atoms with Crippen molar-refractivity contribution in [1.29, 1.82) is 0 Å². The summed E-state index contributed by atoms with van der Waals surface area (Å²) in [7, 11) is 0. The maximum absolute atomic E-state index is 9.90. The Labute approximate surface area is 99.2 Å². The molecule has 0 bridgehead atoms. The van der Waals surface area contributed by atoms with Crippen LogP contribution in [0.15, 0.2) is 33.4 Å². The number of hydrogen-bond donors (Lipinski definition) is 1. The molecule has 0 aliphatic heterocycles. The van der Waals surface area contributed by atoms with Crippen LogP contribution in [0.2, 0.25) is 0 Å². The van der Waals surface area contributed by atoms with Gasteiger partial charge in [0.2, 0.25) is 0 Å². The molecule has 0 amide bonds. The molecule has 0 aliphatic rings. The molecule has 0 saturated carbocycles. The lowest BCUT2D eigenvalue weighted by atomic mass is 10.2. The Morgan fingerprint density at radius 2 is 2.14 bits per heavy atom. The molecule has 1 atom stereocenters. The predicted molar refractivity (Wildman–Crippen MR) is 65.0 cm³/mol. The fraction of sp³-hybridized carbons (Fsp3) is 0.200. The van der Waals surface area contributed by atoms with Crippen molar-refractivity contribution in [3.63, 3.8) is 0 Å². The van der Waals surface area contributed by atoms with Gasteiger partial charge in [-0.05, 0) is 38.8 Å². The Kier molecular flexibility index (Phi) is 3.38. The first kappa shape index (κ1) is 10.4. The van der Waals surface area contributed by atoms with Crippen molar-refractivity contribution >= 4 is 38.6 Å². The van der Waals surface area contributed by atoms with Crippen LogP contribution in [0.4, 0.5) is 0 Å². The van der Waals surface area contributed by atoms with Gasteiger partial charge in [-0.1, -0.05) is 6.07 Å². The molecule has 0 radical (unpaired) electrons. The Morgan fingerprint density at radius 1 is 1.29 bits per heavy atom. The van der Waals surface area contributed by atoms with E-state index < -0.39 is 0 Å². The van der Waals surface area contributed by atoms with Gasteiger partial charge in [-0.15, -0.1) is 22.7 Å². The zero-order valence-electron chi connectivity index (χ0n) is 7.31. The van der Waals surface area contributed by atoms with Gasteiger partial charge < -0.3 is 5.11 Å². The molecule has 0 fully saturated rings. The van der Waals surface area contributed by atoms with Gasteiger partial charge in [0.05, 0.1) is 6.10 Å². The molecule has 2 rings (SSSR count). The van der Waals surface area contributed by atoms with Gasteiger partial charge in [0.25, 0.3) is 0 Å². The molecular weight excluding hydrogens is 280 g/mol. The zero-order chi connectivity index (χ0) is 9.97. The van der Waals surface area contributed by atoms with E-state index in [-0.39, 0.29) is 6.10 Å². The molecule has 0 aliphatic carbocycles. The number of thiophene rings is 2. The molecule has 0 aromatic carbocycles. The first-order chi connectivity index (χ1) is 6.77. The molecule has 2 aromatic rings. The highest BCUT2D eigenvalue weighted by Crippen LogP contribution is 2.29. The summed E-state index contributed by atoms with van der Waals surface area (Å²) in [5.41, 5.74) is 0. The predicted octanol–water partition coefficient (Wildman–Crippen LogP) is 3.85. The van der Waals surface area contributed by atoms with E-state index in [1.807, 2.05) is 29.0 Å². The number of rotatable bonds is 3. The van der Waals surface area contributed by atoms with E-state index in [1.165, 1.54) is 4.88 Å². The highest BCUT2D eigenvalue weighted by atomic mass is 79.9. The average molecular weight is 289 g/mol. The standard InChI is InChI=1S/C10H9BrOS2/c11-7-3-5-14-10(7)6-8(12)9-2-1-4-13-9/h1-5,8,12H,6H2. The molecule has 1 N–H and O–H groups in total. The van der Waals surface area contributed by atoms with Crippen molar-refractivity contribution in [1.82, 2.24) is 0 Å². The summed E-state index contributed by atoms with van der Waals surface area (Å²) in [6, 6.07) is 5.95. The fourth-order valence-electron chi connectivity index (χ4n) is 1.23. The van der Waals surface area contributed by atoms with Crippen LogP contribution in [0.5, 0.6) is 0 Å². The topological polar surface area (TPSA) is 20.2 Å². The molecule has 74 valence electrons. The van der Waals surface area contributed by atoms with Crippen molar-refractivity contribution in [3.8, 4) is 0 Å². The van der Waals surface area contributed by atoms with Gasteiger partial charge >= 0.3 is 0 Å². The number of halogens is 1. The smallest absolute Gasteiger partial charge is 0.0930 e. The Hall–Kier alpha value is -0.160. The van der Waals surface area contributed by atoms with Gasteiger partial charge in [-0.25, -0.2) is 0 Å². The van der Waals surface area contributed by atoms with Crippen LogP contribution in [0.1, 0.15) is 15.9 Å². The number of aliphatic hydroxyl groups excluding tert-OH is 1. The van der Waals surface area contributed by atoms with Crippen LogP contribution in [-0.4, -0.2) is 5.11 Å². The third kappa shape index (κ3) is 2.25. The fourth-order valence-corrected chi connectivity index (χ4v) is 3.49.